The Bertz CT molecular complexity index is 4380. The summed E-state index contributed by atoms with van der Waals surface area (Å²) in [5, 5.41) is 0. The van der Waals surface area contributed by atoms with Gasteiger partial charge in [-0.05, 0) is 132 Å². The first-order valence-corrected chi connectivity index (χ1v) is 25.4. The van der Waals surface area contributed by atoms with Gasteiger partial charge in [0.05, 0.1) is 11.4 Å². The highest BCUT2D eigenvalue weighted by Gasteiger charge is 2.18. The van der Waals surface area contributed by atoms with Crippen molar-refractivity contribution in [2.24, 2.45) is 9.98 Å². The van der Waals surface area contributed by atoms with E-state index in [1.165, 1.54) is 0 Å². The number of fused-ring (bicyclic) bond motifs is 6. The van der Waals surface area contributed by atoms with Crippen molar-refractivity contribution < 1.29 is 26.5 Å². The van der Waals surface area contributed by atoms with E-state index in [9.17, 15) is 0 Å². The van der Waals surface area contributed by atoms with Gasteiger partial charge in [0.15, 0.2) is 33.5 Å². The summed E-state index contributed by atoms with van der Waals surface area (Å²) in [6.07, 6.45) is 3.62. The molecular formula is C62H34N8O6S2. The Balaban J connectivity index is 0.574. The molecule has 6 heterocycles. The Labute approximate surface area is 451 Å². The Kier molecular flexibility index (Phi) is 10.6. The number of hydrogen-bond donors (Lipinski definition) is 2. The maximum atomic E-state index is 6.22. The molecule has 0 saturated heterocycles. The molecule has 9 aromatic carbocycles. The normalized spacial score (nSPS) is 12.1. The Morgan fingerprint density at radius 1 is 0.269 bits per heavy atom. The second-order valence-electron chi connectivity index (χ2n) is 18.4. The fourth-order valence-electron chi connectivity index (χ4n) is 9.10. The summed E-state index contributed by atoms with van der Waals surface area (Å²) in [4.78, 5) is 39.5. The van der Waals surface area contributed by atoms with Crippen LogP contribution in [-0.2, 0) is 0 Å². The van der Waals surface area contributed by atoms with Crippen LogP contribution in [0.3, 0.4) is 0 Å². The molecule has 0 aliphatic rings. The molecule has 0 spiro atoms. The molecule has 0 saturated carbocycles. The van der Waals surface area contributed by atoms with Gasteiger partial charge in [-0.1, -0.05) is 24.3 Å². The lowest BCUT2D eigenvalue weighted by Gasteiger charge is -1.99. The van der Waals surface area contributed by atoms with Crippen LogP contribution in [0.2, 0.25) is 0 Å². The van der Waals surface area contributed by atoms with Gasteiger partial charge in [0.1, 0.15) is 33.1 Å². The van der Waals surface area contributed by atoms with Gasteiger partial charge in [0.25, 0.3) is 0 Å². The smallest absolute Gasteiger partial charge is 0.227 e. The summed E-state index contributed by atoms with van der Waals surface area (Å²) in [6.45, 7) is 0. The van der Waals surface area contributed by atoms with Crippen molar-refractivity contribution in [2.45, 2.75) is 9.79 Å². The van der Waals surface area contributed by atoms with E-state index in [1.807, 2.05) is 194 Å². The maximum Gasteiger partial charge on any atom is 0.227 e. The Hall–Kier alpha value is -10.2. The minimum absolute atomic E-state index is 0.480. The quantitative estimate of drug-likeness (QED) is 0.0978. The van der Waals surface area contributed by atoms with Crippen LogP contribution in [0.5, 0.6) is 0 Å². The lowest BCUT2D eigenvalue weighted by atomic mass is 10.1. The van der Waals surface area contributed by atoms with Gasteiger partial charge < -0.3 is 26.5 Å². The van der Waals surface area contributed by atoms with Crippen molar-refractivity contribution in [3.05, 3.63) is 193 Å². The molecule has 0 amide bonds. The van der Waals surface area contributed by atoms with Gasteiger partial charge in [-0.2, -0.15) is 0 Å². The number of nitrogens with zero attached hydrogens (tertiary/aromatic N) is 8. The highest BCUT2D eigenvalue weighted by Crippen LogP contribution is 2.36. The fraction of sp³-hybridized carbons (Fsp3) is 0. The van der Waals surface area contributed by atoms with Crippen LogP contribution in [-0.4, -0.2) is 42.3 Å². The van der Waals surface area contributed by atoms with Crippen molar-refractivity contribution in [3.8, 4) is 68.7 Å². The van der Waals surface area contributed by atoms with Crippen molar-refractivity contribution >= 4 is 116 Å². The molecule has 0 unspecified atom stereocenters. The van der Waals surface area contributed by atoms with E-state index in [2.05, 4.69) is 35.2 Å². The SMILES string of the molecule is Sc1ccc(-c2nc3cc4oc(-c5ccc(C=Nc6ccc(-c7nc8cc9oc(-c%10ccc(N=Cc%11ccc(-c%12nc%13cc%14oc(-c%15ccc(S)cc%15)nc%14cc%13o%12)cc%11)cc%10)nc9cc8o7)cc6)cc5)nc4cc3o2)cc1. The molecule has 78 heavy (non-hydrogen) atoms. The van der Waals surface area contributed by atoms with Crippen molar-refractivity contribution in [1.29, 1.82) is 0 Å². The number of rotatable bonds is 10. The summed E-state index contributed by atoms with van der Waals surface area (Å²) in [5.74, 6) is 3.02. The van der Waals surface area contributed by atoms with Gasteiger partial charge in [0, 0.05) is 92.0 Å². The van der Waals surface area contributed by atoms with Gasteiger partial charge >= 0.3 is 0 Å². The lowest BCUT2D eigenvalue weighted by Crippen LogP contribution is -1.82. The zero-order valence-corrected chi connectivity index (χ0v) is 42.2. The van der Waals surface area contributed by atoms with Crippen molar-refractivity contribution in [3.63, 3.8) is 0 Å². The second-order valence-corrected chi connectivity index (χ2v) is 19.5. The molecule has 0 radical (unpaired) electrons. The number of oxazole rings is 6. The zero-order chi connectivity index (χ0) is 51.8. The minimum Gasteiger partial charge on any atom is -0.436 e. The first-order chi connectivity index (χ1) is 38.3. The van der Waals surface area contributed by atoms with E-state index in [-0.39, 0.29) is 0 Å². The standard InChI is InChI=1S/C62H34N8O6S2/c77-43-21-13-39(14-22-43)61-69-49-29-51-45(25-55(49)75-61)65-57(71-51)35-5-1-33(2-6-35)31-63-41-17-9-37(10-18-41)59-67-47-27-54-48(28-53(47)73-59)68-60(74-54)38-11-19-42(20-12-38)64-32-34-3-7-36(8-4-34)58-66-46-26-56-50(30-52(46)72-58)70-62(76-56)40-15-23-44(78)24-16-40/h1-32,77-78H. The molecule has 6 aromatic heterocycles. The molecule has 15 aromatic rings. The second kappa shape index (κ2) is 18.3. The molecule has 14 nitrogen and oxygen atoms in total. The number of hydrogen-bond acceptors (Lipinski definition) is 16. The van der Waals surface area contributed by atoms with Crippen molar-refractivity contribution in [1.82, 2.24) is 29.9 Å². The summed E-state index contributed by atoms with van der Waals surface area (Å²) >= 11 is 8.73. The third-order valence-corrected chi connectivity index (χ3v) is 13.8. The highest BCUT2D eigenvalue weighted by molar-refractivity contribution is 7.80. The predicted octanol–water partition coefficient (Wildman–Crippen LogP) is 16.6. The fourth-order valence-corrected chi connectivity index (χ4v) is 9.40. The van der Waals surface area contributed by atoms with Crippen LogP contribution in [0.25, 0.3) is 135 Å². The van der Waals surface area contributed by atoms with Crippen molar-refractivity contribution in [2.75, 3.05) is 0 Å². The van der Waals surface area contributed by atoms with Gasteiger partial charge in [-0.25, -0.2) is 29.9 Å². The van der Waals surface area contributed by atoms with Gasteiger partial charge in [0.2, 0.25) is 35.3 Å². The van der Waals surface area contributed by atoms with Crippen LogP contribution in [0, 0.1) is 0 Å². The Morgan fingerprint density at radius 2 is 0.474 bits per heavy atom. The molecule has 0 aliphatic carbocycles. The summed E-state index contributed by atoms with van der Waals surface area (Å²) in [5.41, 5.74) is 16.2. The number of aromatic nitrogens is 6. The third-order valence-electron chi connectivity index (χ3n) is 13.2. The lowest BCUT2D eigenvalue weighted by molar-refractivity contribution is 0.618. The highest BCUT2D eigenvalue weighted by atomic mass is 32.1. The molecule has 0 atom stereocenters. The topological polar surface area (TPSA) is 181 Å². The zero-order valence-electron chi connectivity index (χ0n) is 40.4. The van der Waals surface area contributed by atoms with Crippen LogP contribution in [0.4, 0.5) is 11.4 Å². The molecule has 0 N–H and O–H groups in total. The van der Waals surface area contributed by atoms with Crippen LogP contribution >= 0.6 is 25.3 Å². The largest absolute Gasteiger partial charge is 0.436 e. The van der Waals surface area contributed by atoms with E-state index in [1.54, 1.807) is 0 Å². The number of thiol groups is 2. The molecule has 15 rings (SSSR count). The van der Waals surface area contributed by atoms with E-state index in [0.29, 0.717) is 102 Å². The van der Waals surface area contributed by atoms with Crippen LogP contribution in [0.15, 0.2) is 228 Å². The summed E-state index contributed by atoms with van der Waals surface area (Å²) in [6, 6.07) is 57.6. The molecule has 370 valence electrons. The monoisotopic (exact) mass is 1050 g/mol. The first-order valence-electron chi connectivity index (χ1n) is 24.5. The molecule has 16 heteroatoms. The molecule has 0 aliphatic heterocycles. The summed E-state index contributed by atoms with van der Waals surface area (Å²) in [7, 11) is 0. The molecule has 0 fully saturated rings. The average Bonchev–Trinajstić information content (AvgIpc) is 4.38. The first kappa shape index (κ1) is 45.3. The number of benzene rings is 9. The predicted molar refractivity (Wildman–Crippen MR) is 306 cm³/mol. The van der Waals surface area contributed by atoms with Crippen LogP contribution in [0.1, 0.15) is 11.1 Å². The van der Waals surface area contributed by atoms with E-state index < -0.39 is 0 Å². The minimum atomic E-state index is 0.480. The van der Waals surface area contributed by atoms with Gasteiger partial charge in [-0.15, -0.1) is 25.3 Å². The third kappa shape index (κ3) is 8.56. The average molecular weight is 1050 g/mol. The molecule has 0 bridgehead atoms. The number of aliphatic imine (C=N–C) groups is 2. The van der Waals surface area contributed by atoms with E-state index in [0.717, 1.165) is 65.7 Å². The maximum absolute atomic E-state index is 6.22. The van der Waals surface area contributed by atoms with E-state index >= 15 is 0 Å². The Morgan fingerprint density at radius 3 is 0.705 bits per heavy atom. The van der Waals surface area contributed by atoms with E-state index in [4.69, 9.17) is 56.4 Å². The summed E-state index contributed by atoms with van der Waals surface area (Å²) < 4.78 is 36.8. The molecular weight excluding hydrogens is 1020 g/mol. The van der Waals surface area contributed by atoms with Crippen LogP contribution < -0.4 is 0 Å². The van der Waals surface area contributed by atoms with Gasteiger partial charge in [-0.3, -0.25) is 9.98 Å².